The minimum atomic E-state index is -2.00. The molecular weight excluding hydrogens is 887 g/mol. The van der Waals surface area contributed by atoms with Crippen LogP contribution in [0.15, 0.2) is 199 Å². The maximum Gasteiger partial charge on any atom is 0.351 e. The minimum Gasteiger partial charge on any atom is -0.459 e. The van der Waals surface area contributed by atoms with Crippen molar-refractivity contribution in [3.63, 3.8) is 0 Å². The van der Waals surface area contributed by atoms with E-state index in [9.17, 15) is 33.6 Å². The van der Waals surface area contributed by atoms with Crippen LogP contribution in [0.5, 0.6) is 0 Å². The summed E-state index contributed by atoms with van der Waals surface area (Å²) in [4.78, 5) is 102. The predicted molar refractivity (Wildman–Crippen MR) is 246 cm³/mol. The molecule has 2 heterocycles. The van der Waals surface area contributed by atoms with Crippen LogP contribution in [0.25, 0.3) is 0 Å². The van der Waals surface area contributed by atoms with Crippen molar-refractivity contribution in [2.75, 3.05) is 11.9 Å². The maximum atomic E-state index is 14.4. The molecule has 6 aromatic carbocycles. The standard InChI is InChI=1S/C53H41N3O13/c57-46(34-19-7-1-8-20-34)54-41-31-32-56(53(63)55-41)47-45(69-52(62)39-29-17-6-18-30-39)44(68-51(61)38-27-15-5-16-28-38)43(67-50(60)37-25-13-4-14-26-37)42(66-49(59)36-23-11-3-12-24-36)40(65-47)33-64-48(58)35-21-9-2-10-22-35/h1-32,40,42-45,47H,33H2,(H,54,55,57,63)/t40-,42-,43+,44-,45-,47-/m1/s1. The highest BCUT2D eigenvalue weighted by atomic mass is 16.7. The zero-order valence-electron chi connectivity index (χ0n) is 36.3. The quantitative estimate of drug-likeness (QED) is 0.0850. The molecule has 8 rings (SSSR count). The van der Waals surface area contributed by atoms with Crippen LogP contribution in [0.1, 0.15) is 68.4 Å². The Labute approximate surface area is 394 Å². The first-order chi connectivity index (χ1) is 33.6. The first-order valence-electron chi connectivity index (χ1n) is 21.5. The van der Waals surface area contributed by atoms with E-state index in [4.69, 9.17) is 28.4 Å². The molecule has 0 saturated carbocycles. The van der Waals surface area contributed by atoms with Gasteiger partial charge in [0.15, 0.2) is 30.6 Å². The minimum absolute atomic E-state index is 0.00371. The Hall–Kier alpha value is -9.02. The van der Waals surface area contributed by atoms with Gasteiger partial charge in [-0.05, 0) is 78.9 Å². The van der Waals surface area contributed by atoms with Gasteiger partial charge in [0.1, 0.15) is 18.5 Å². The molecule has 1 aliphatic heterocycles. The summed E-state index contributed by atoms with van der Waals surface area (Å²) < 4.78 is 38.4. The van der Waals surface area contributed by atoms with Crippen molar-refractivity contribution < 1.29 is 57.2 Å². The second-order valence-electron chi connectivity index (χ2n) is 15.3. The van der Waals surface area contributed by atoms with E-state index in [0.29, 0.717) is 0 Å². The van der Waals surface area contributed by atoms with Gasteiger partial charge in [-0.15, -0.1) is 0 Å². The largest absolute Gasteiger partial charge is 0.459 e. The molecule has 1 fully saturated rings. The number of anilines is 1. The molecule has 0 aliphatic carbocycles. The summed E-state index contributed by atoms with van der Waals surface area (Å²) in [5, 5.41) is 2.57. The molecule has 16 heteroatoms. The van der Waals surface area contributed by atoms with Gasteiger partial charge >= 0.3 is 35.5 Å². The van der Waals surface area contributed by atoms with Gasteiger partial charge < -0.3 is 33.7 Å². The Bertz CT molecular complexity index is 2960. The number of ether oxygens (including phenoxy) is 6. The molecule has 7 aromatic rings. The highest BCUT2D eigenvalue weighted by Crippen LogP contribution is 2.36. The van der Waals surface area contributed by atoms with E-state index in [2.05, 4.69) is 10.3 Å². The molecule has 0 radical (unpaired) electrons. The number of hydrogen-bond acceptors (Lipinski definition) is 14. The summed E-state index contributed by atoms with van der Waals surface area (Å²) in [6, 6.07) is 48.2. The molecule has 0 unspecified atom stereocenters. The van der Waals surface area contributed by atoms with Crippen LogP contribution in [0.2, 0.25) is 0 Å². The first kappa shape index (κ1) is 46.5. The molecule has 0 bridgehead atoms. The van der Waals surface area contributed by atoms with Crippen molar-refractivity contribution in [3.8, 4) is 0 Å². The maximum absolute atomic E-state index is 14.4. The fraction of sp³-hybridized carbons (Fsp3) is 0.132. The Morgan fingerprint density at radius 3 is 1.20 bits per heavy atom. The van der Waals surface area contributed by atoms with E-state index in [1.54, 1.807) is 121 Å². The lowest BCUT2D eigenvalue weighted by atomic mass is 9.98. The average molecular weight is 928 g/mol. The Balaban J connectivity index is 1.32. The molecule has 1 aliphatic rings. The number of amides is 1. The second-order valence-corrected chi connectivity index (χ2v) is 15.3. The van der Waals surface area contributed by atoms with Crippen molar-refractivity contribution in [2.24, 2.45) is 0 Å². The molecule has 16 nitrogen and oxygen atoms in total. The van der Waals surface area contributed by atoms with Crippen molar-refractivity contribution in [1.82, 2.24) is 9.55 Å². The number of nitrogens with zero attached hydrogens (tertiary/aromatic N) is 2. The number of aromatic nitrogens is 2. The lowest BCUT2D eigenvalue weighted by Gasteiger charge is -2.35. The van der Waals surface area contributed by atoms with E-state index in [-0.39, 0.29) is 39.2 Å². The van der Waals surface area contributed by atoms with Crippen molar-refractivity contribution >= 4 is 41.6 Å². The number of carbonyl (C=O) groups excluding carboxylic acids is 6. The van der Waals surface area contributed by atoms with Crippen LogP contribution < -0.4 is 11.0 Å². The van der Waals surface area contributed by atoms with Crippen molar-refractivity contribution in [1.29, 1.82) is 0 Å². The lowest BCUT2D eigenvalue weighted by Crippen LogP contribution is -2.54. The average Bonchev–Trinajstić information content (AvgIpc) is 3.50. The SMILES string of the molecule is O=C(Nc1ccn([C@@H]2O[C@H](COC(=O)c3ccccc3)[C@@H](OC(=O)c3ccccc3)[C@H](OC(=O)c3ccccc3)[C@@H](OC(=O)c3ccccc3)[C@H]2OC(=O)c2ccccc2)c(=O)n1)c1ccccc1. The molecule has 1 N–H and O–H groups in total. The third-order valence-electron chi connectivity index (χ3n) is 10.7. The van der Waals surface area contributed by atoms with Gasteiger partial charge in [-0.1, -0.05) is 109 Å². The summed E-state index contributed by atoms with van der Waals surface area (Å²) in [6.07, 6.45) is -10.3. The van der Waals surface area contributed by atoms with E-state index in [1.807, 2.05) is 0 Å². The molecule has 6 atom stereocenters. The second kappa shape index (κ2) is 22.0. The Morgan fingerprint density at radius 1 is 0.449 bits per heavy atom. The van der Waals surface area contributed by atoms with Gasteiger partial charge in [-0.3, -0.25) is 9.36 Å². The van der Waals surface area contributed by atoms with E-state index in [1.165, 1.54) is 72.9 Å². The lowest BCUT2D eigenvalue weighted by molar-refractivity contribution is -0.156. The number of benzene rings is 6. The number of rotatable bonds is 14. The van der Waals surface area contributed by atoms with Gasteiger partial charge in [0.25, 0.3) is 5.91 Å². The van der Waals surface area contributed by atoms with Crippen molar-refractivity contribution in [3.05, 3.63) is 238 Å². The van der Waals surface area contributed by atoms with Gasteiger partial charge in [-0.2, -0.15) is 4.98 Å². The van der Waals surface area contributed by atoms with Crippen LogP contribution >= 0.6 is 0 Å². The predicted octanol–water partition coefficient (Wildman–Crippen LogP) is 7.15. The molecule has 1 aromatic heterocycles. The molecule has 346 valence electrons. The van der Waals surface area contributed by atoms with Crippen LogP contribution in [0.4, 0.5) is 5.82 Å². The topological polar surface area (TPSA) is 205 Å². The van der Waals surface area contributed by atoms with Gasteiger partial charge in [-0.25, -0.2) is 28.8 Å². The fourth-order valence-electron chi connectivity index (χ4n) is 7.31. The number of hydrogen-bond donors (Lipinski definition) is 1. The van der Waals surface area contributed by atoms with Crippen LogP contribution in [0, 0.1) is 0 Å². The van der Waals surface area contributed by atoms with Crippen LogP contribution in [-0.2, 0) is 28.4 Å². The zero-order chi connectivity index (χ0) is 48.1. The molecular formula is C53H41N3O13. The van der Waals surface area contributed by atoms with Crippen LogP contribution in [0.3, 0.4) is 0 Å². The highest BCUT2D eigenvalue weighted by Gasteiger charge is 2.56. The molecule has 69 heavy (non-hydrogen) atoms. The fourth-order valence-corrected chi connectivity index (χ4v) is 7.31. The number of carbonyl (C=O) groups is 6. The molecule has 1 amide bonds. The third-order valence-corrected chi connectivity index (χ3v) is 10.7. The Kier molecular flexibility index (Phi) is 14.8. The normalized spacial score (nSPS) is 18.6. The first-order valence-corrected chi connectivity index (χ1v) is 21.5. The summed E-state index contributed by atoms with van der Waals surface area (Å²) in [6.45, 7) is -0.761. The zero-order valence-corrected chi connectivity index (χ0v) is 36.3. The highest BCUT2D eigenvalue weighted by molar-refractivity contribution is 6.03. The van der Waals surface area contributed by atoms with E-state index in [0.717, 1.165) is 4.57 Å². The number of esters is 5. The van der Waals surface area contributed by atoms with Gasteiger partial charge in [0.05, 0.1) is 27.8 Å². The molecule has 1 saturated heterocycles. The summed E-state index contributed by atoms with van der Waals surface area (Å²) in [5.74, 6) is -5.63. The van der Waals surface area contributed by atoms with E-state index >= 15 is 0 Å². The summed E-state index contributed by atoms with van der Waals surface area (Å²) in [7, 11) is 0. The Morgan fingerprint density at radius 2 is 0.797 bits per heavy atom. The summed E-state index contributed by atoms with van der Waals surface area (Å²) in [5.41, 5.74) is -0.626. The smallest absolute Gasteiger partial charge is 0.351 e. The van der Waals surface area contributed by atoms with Gasteiger partial charge in [0, 0.05) is 11.8 Å². The van der Waals surface area contributed by atoms with Crippen molar-refractivity contribution in [2.45, 2.75) is 36.7 Å². The number of nitrogens with one attached hydrogen (secondary N) is 1. The van der Waals surface area contributed by atoms with Gasteiger partial charge in [0.2, 0.25) is 0 Å². The van der Waals surface area contributed by atoms with Crippen LogP contribution in [-0.4, -0.2) is 82.4 Å². The monoisotopic (exact) mass is 927 g/mol. The third kappa shape index (κ3) is 11.5. The van der Waals surface area contributed by atoms with E-state index < -0.39 is 84.8 Å². The molecule has 0 spiro atoms. The summed E-state index contributed by atoms with van der Waals surface area (Å²) >= 11 is 0.